The van der Waals surface area contributed by atoms with Crippen LogP contribution >= 0.6 is 0 Å². The molecule has 1 unspecified atom stereocenters. The summed E-state index contributed by atoms with van der Waals surface area (Å²) in [4.78, 5) is 10.6. The number of rotatable bonds is 5. The second-order valence-electron chi connectivity index (χ2n) is 4.44. The van der Waals surface area contributed by atoms with Crippen molar-refractivity contribution in [2.45, 2.75) is 31.9 Å². The van der Waals surface area contributed by atoms with Gasteiger partial charge in [0.25, 0.3) is 0 Å². The van der Waals surface area contributed by atoms with E-state index >= 15 is 0 Å². The molecule has 0 saturated heterocycles. The molecule has 0 aromatic heterocycles. The number of carbonyl (C=O) groups is 1. The molecule has 1 rings (SSSR count). The molecular weight excluding hydrogens is 225 g/mol. The first-order valence-corrected chi connectivity index (χ1v) is 5.24. The van der Waals surface area contributed by atoms with Crippen molar-refractivity contribution >= 4 is 5.97 Å². The third-order valence-electron chi connectivity index (χ3n) is 2.25. The number of nitrogens with two attached hydrogens (primary N) is 1. The molecule has 0 aliphatic rings. The topological polar surface area (TPSA) is 72.6 Å². The third-order valence-corrected chi connectivity index (χ3v) is 2.25. The first-order valence-electron chi connectivity index (χ1n) is 5.24. The second kappa shape index (κ2) is 5.14. The molecule has 1 atom stereocenters. The summed E-state index contributed by atoms with van der Waals surface area (Å²) in [5.41, 5.74) is 4.57. The van der Waals surface area contributed by atoms with E-state index in [1.54, 1.807) is 26.0 Å². The fourth-order valence-corrected chi connectivity index (χ4v) is 1.48. The SMILES string of the molecule is CC(C)(CC(N)C(=O)O)Oc1ccccc1F. The van der Waals surface area contributed by atoms with Crippen molar-refractivity contribution in [1.29, 1.82) is 0 Å². The summed E-state index contributed by atoms with van der Waals surface area (Å²) in [5.74, 6) is -1.49. The van der Waals surface area contributed by atoms with Crippen molar-refractivity contribution in [1.82, 2.24) is 0 Å². The minimum Gasteiger partial charge on any atom is -0.485 e. The lowest BCUT2D eigenvalue weighted by Gasteiger charge is -2.28. The van der Waals surface area contributed by atoms with Gasteiger partial charge in [-0.15, -0.1) is 0 Å². The smallest absolute Gasteiger partial charge is 0.320 e. The van der Waals surface area contributed by atoms with Crippen molar-refractivity contribution in [3.8, 4) is 5.75 Å². The van der Waals surface area contributed by atoms with Gasteiger partial charge >= 0.3 is 5.97 Å². The molecule has 1 aromatic rings. The van der Waals surface area contributed by atoms with Gasteiger partial charge in [-0.1, -0.05) is 12.1 Å². The molecule has 0 saturated carbocycles. The average molecular weight is 241 g/mol. The Labute approximate surface area is 99.2 Å². The van der Waals surface area contributed by atoms with E-state index in [4.69, 9.17) is 15.6 Å². The quantitative estimate of drug-likeness (QED) is 0.824. The van der Waals surface area contributed by atoms with Gasteiger partial charge in [0, 0.05) is 6.42 Å². The summed E-state index contributed by atoms with van der Waals surface area (Å²) in [7, 11) is 0. The zero-order valence-electron chi connectivity index (χ0n) is 9.81. The zero-order valence-corrected chi connectivity index (χ0v) is 9.81. The number of benzene rings is 1. The van der Waals surface area contributed by atoms with Crippen LogP contribution in [0.2, 0.25) is 0 Å². The van der Waals surface area contributed by atoms with Gasteiger partial charge in [-0.05, 0) is 26.0 Å². The predicted molar refractivity (Wildman–Crippen MR) is 61.3 cm³/mol. The van der Waals surface area contributed by atoms with Crippen LogP contribution in [0.3, 0.4) is 0 Å². The molecule has 3 N–H and O–H groups in total. The first-order chi connectivity index (χ1) is 7.82. The monoisotopic (exact) mass is 241 g/mol. The van der Waals surface area contributed by atoms with Crippen molar-refractivity contribution in [2.24, 2.45) is 5.73 Å². The minimum atomic E-state index is -1.10. The van der Waals surface area contributed by atoms with Crippen LogP contribution in [0.25, 0.3) is 0 Å². The molecule has 0 radical (unpaired) electrons. The maximum absolute atomic E-state index is 13.3. The molecule has 94 valence electrons. The van der Waals surface area contributed by atoms with Gasteiger partial charge in [0.2, 0.25) is 0 Å². The fraction of sp³-hybridized carbons (Fsp3) is 0.417. The average Bonchev–Trinajstić information content (AvgIpc) is 2.20. The summed E-state index contributed by atoms with van der Waals surface area (Å²) < 4.78 is 18.8. The van der Waals surface area contributed by atoms with Gasteiger partial charge in [-0.25, -0.2) is 4.39 Å². The summed E-state index contributed by atoms with van der Waals surface area (Å²) in [6.45, 7) is 3.34. The van der Waals surface area contributed by atoms with Gasteiger partial charge in [0.1, 0.15) is 11.6 Å². The standard InChI is InChI=1S/C12H16FNO3/c1-12(2,7-9(14)11(15)16)17-10-6-4-3-5-8(10)13/h3-6,9H,7,14H2,1-2H3,(H,15,16). The second-order valence-corrected chi connectivity index (χ2v) is 4.44. The Morgan fingerprint density at radius 3 is 2.65 bits per heavy atom. The van der Waals surface area contributed by atoms with Crippen molar-refractivity contribution in [2.75, 3.05) is 0 Å². The number of carboxylic acid groups (broad SMARTS) is 1. The van der Waals surface area contributed by atoms with Crippen LogP contribution in [0.4, 0.5) is 4.39 Å². The fourth-order valence-electron chi connectivity index (χ4n) is 1.48. The lowest BCUT2D eigenvalue weighted by atomic mass is 9.99. The third kappa shape index (κ3) is 4.03. The Kier molecular flexibility index (Phi) is 4.07. The van der Waals surface area contributed by atoms with Gasteiger partial charge in [-0.2, -0.15) is 0 Å². The van der Waals surface area contributed by atoms with Crippen molar-refractivity contribution < 1.29 is 19.0 Å². The molecule has 0 amide bonds. The largest absolute Gasteiger partial charge is 0.485 e. The lowest BCUT2D eigenvalue weighted by molar-refractivity contribution is -0.139. The Balaban J connectivity index is 2.73. The van der Waals surface area contributed by atoms with Crippen LogP contribution in [0.1, 0.15) is 20.3 Å². The van der Waals surface area contributed by atoms with E-state index in [1.807, 2.05) is 0 Å². The van der Waals surface area contributed by atoms with E-state index in [0.29, 0.717) is 0 Å². The van der Waals surface area contributed by atoms with Gasteiger partial charge < -0.3 is 15.6 Å². The van der Waals surface area contributed by atoms with E-state index in [9.17, 15) is 9.18 Å². The van der Waals surface area contributed by atoms with Crippen LogP contribution in [0, 0.1) is 5.82 Å². The highest BCUT2D eigenvalue weighted by Gasteiger charge is 2.27. The number of hydrogen-bond acceptors (Lipinski definition) is 3. The van der Waals surface area contributed by atoms with Gasteiger partial charge in [0.05, 0.1) is 0 Å². The number of carboxylic acids is 1. The number of hydrogen-bond donors (Lipinski definition) is 2. The minimum absolute atomic E-state index is 0.0927. The molecule has 0 aliphatic carbocycles. The molecule has 0 fully saturated rings. The molecule has 0 bridgehead atoms. The van der Waals surface area contributed by atoms with Crippen LogP contribution < -0.4 is 10.5 Å². The van der Waals surface area contributed by atoms with Gasteiger partial charge in [0.15, 0.2) is 11.6 Å². The van der Waals surface area contributed by atoms with Crippen molar-refractivity contribution in [3.63, 3.8) is 0 Å². The van der Waals surface area contributed by atoms with Gasteiger partial charge in [-0.3, -0.25) is 4.79 Å². The maximum Gasteiger partial charge on any atom is 0.320 e. The van der Waals surface area contributed by atoms with Crippen molar-refractivity contribution in [3.05, 3.63) is 30.1 Å². The Morgan fingerprint density at radius 2 is 2.12 bits per heavy atom. The molecule has 0 aliphatic heterocycles. The van der Waals surface area contributed by atoms with E-state index in [1.165, 1.54) is 12.1 Å². The highest BCUT2D eigenvalue weighted by atomic mass is 19.1. The van der Waals surface area contributed by atoms with E-state index < -0.39 is 23.4 Å². The van der Waals surface area contributed by atoms with Crippen LogP contribution in [-0.2, 0) is 4.79 Å². The highest BCUT2D eigenvalue weighted by Crippen LogP contribution is 2.24. The summed E-state index contributed by atoms with van der Waals surface area (Å²) in [6.07, 6.45) is 0.0939. The molecule has 1 aromatic carbocycles. The summed E-state index contributed by atoms with van der Waals surface area (Å²) in [6, 6.07) is 4.94. The van der Waals surface area contributed by atoms with E-state index in [-0.39, 0.29) is 12.2 Å². The van der Waals surface area contributed by atoms with Crippen LogP contribution in [0.5, 0.6) is 5.75 Å². The Hall–Kier alpha value is -1.62. The number of aliphatic carboxylic acids is 1. The molecular formula is C12H16FNO3. The zero-order chi connectivity index (χ0) is 13.1. The number of para-hydroxylation sites is 1. The number of ether oxygens (including phenoxy) is 1. The number of halogens is 1. The molecule has 4 nitrogen and oxygen atoms in total. The molecule has 5 heteroatoms. The van der Waals surface area contributed by atoms with E-state index in [2.05, 4.69) is 0 Å². The Morgan fingerprint density at radius 1 is 1.53 bits per heavy atom. The first kappa shape index (κ1) is 13.4. The molecule has 0 heterocycles. The Bertz CT molecular complexity index is 406. The summed E-state index contributed by atoms with van der Waals surface area (Å²) >= 11 is 0. The molecule has 17 heavy (non-hydrogen) atoms. The highest BCUT2D eigenvalue weighted by molar-refractivity contribution is 5.73. The molecule has 0 spiro atoms. The maximum atomic E-state index is 13.3. The predicted octanol–water partition coefficient (Wildman–Crippen LogP) is 1.79. The van der Waals surface area contributed by atoms with E-state index in [0.717, 1.165) is 0 Å². The lowest BCUT2D eigenvalue weighted by Crippen LogP contribution is -2.41. The van der Waals surface area contributed by atoms with Crippen LogP contribution in [0.15, 0.2) is 24.3 Å². The normalized spacial score (nSPS) is 13.2. The summed E-state index contributed by atoms with van der Waals surface area (Å²) in [5, 5.41) is 8.71. The van der Waals surface area contributed by atoms with Crippen LogP contribution in [-0.4, -0.2) is 22.7 Å².